The van der Waals surface area contributed by atoms with Gasteiger partial charge in [0, 0.05) is 6.54 Å². The third kappa shape index (κ3) is 4.04. The normalized spacial score (nSPS) is 12.1. The monoisotopic (exact) mass is 269 g/mol. The highest BCUT2D eigenvalue weighted by atomic mass is 79.9. The van der Waals surface area contributed by atoms with Crippen LogP contribution in [0.15, 0.2) is 30.3 Å². The number of unbranched alkanes of at least 4 members (excludes halogenated alkanes) is 1. The SMILES string of the molecule is CCCCNC(=O)C(Br)c1ccccc1. The van der Waals surface area contributed by atoms with Gasteiger partial charge in [-0.2, -0.15) is 0 Å². The Morgan fingerprint density at radius 1 is 1.40 bits per heavy atom. The Balaban J connectivity index is 2.46. The number of rotatable bonds is 5. The van der Waals surface area contributed by atoms with Gasteiger partial charge in [0.25, 0.3) is 0 Å². The summed E-state index contributed by atoms with van der Waals surface area (Å²) < 4.78 is 0. The molecule has 0 bridgehead atoms. The average Bonchev–Trinajstić information content (AvgIpc) is 2.29. The molecule has 0 radical (unpaired) electrons. The maximum absolute atomic E-state index is 11.7. The van der Waals surface area contributed by atoms with E-state index in [9.17, 15) is 4.79 Å². The first-order valence-electron chi connectivity index (χ1n) is 5.22. The molecule has 3 heteroatoms. The van der Waals surface area contributed by atoms with Crippen molar-refractivity contribution in [3.05, 3.63) is 35.9 Å². The number of hydrogen-bond acceptors (Lipinski definition) is 1. The first-order chi connectivity index (χ1) is 7.25. The second-order valence-corrected chi connectivity index (χ2v) is 4.33. The summed E-state index contributed by atoms with van der Waals surface area (Å²) in [4.78, 5) is 11.4. The molecule has 1 rings (SSSR count). The minimum atomic E-state index is -0.240. The topological polar surface area (TPSA) is 29.1 Å². The molecule has 1 aromatic carbocycles. The van der Waals surface area contributed by atoms with Crippen LogP contribution in [0.5, 0.6) is 0 Å². The Kier molecular flexibility index (Phi) is 5.40. The molecule has 0 aromatic heterocycles. The second kappa shape index (κ2) is 6.62. The number of nitrogens with one attached hydrogen (secondary N) is 1. The van der Waals surface area contributed by atoms with Gasteiger partial charge in [0.05, 0.1) is 0 Å². The lowest BCUT2D eigenvalue weighted by Crippen LogP contribution is -2.27. The molecule has 1 atom stereocenters. The first kappa shape index (κ1) is 12.2. The molecule has 82 valence electrons. The van der Waals surface area contributed by atoms with Crippen molar-refractivity contribution in [1.29, 1.82) is 0 Å². The number of benzene rings is 1. The van der Waals surface area contributed by atoms with Crippen LogP contribution in [0.1, 0.15) is 30.2 Å². The third-order valence-corrected chi connectivity index (χ3v) is 3.10. The van der Waals surface area contributed by atoms with E-state index in [1.165, 1.54) is 0 Å². The van der Waals surface area contributed by atoms with E-state index in [1.54, 1.807) is 0 Å². The van der Waals surface area contributed by atoms with Gasteiger partial charge in [-0.1, -0.05) is 59.6 Å². The molecule has 0 aliphatic heterocycles. The molecule has 1 aromatic rings. The highest BCUT2D eigenvalue weighted by Gasteiger charge is 2.15. The van der Waals surface area contributed by atoms with E-state index in [0.717, 1.165) is 24.9 Å². The van der Waals surface area contributed by atoms with Crippen molar-refractivity contribution in [3.8, 4) is 0 Å². The van der Waals surface area contributed by atoms with Gasteiger partial charge < -0.3 is 5.32 Å². The summed E-state index contributed by atoms with van der Waals surface area (Å²) in [7, 11) is 0. The maximum Gasteiger partial charge on any atom is 0.238 e. The summed E-state index contributed by atoms with van der Waals surface area (Å²) in [5.74, 6) is 0.0367. The number of carbonyl (C=O) groups excluding carboxylic acids is 1. The van der Waals surface area contributed by atoms with Crippen molar-refractivity contribution in [1.82, 2.24) is 5.32 Å². The molecule has 0 spiro atoms. The van der Waals surface area contributed by atoms with Gasteiger partial charge in [0.1, 0.15) is 4.83 Å². The molecule has 0 aliphatic carbocycles. The van der Waals surface area contributed by atoms with E-state index in [4.69, 9.17) is 0 Å². The fraction of sp³-hybridized carbons (Fsp3) is 0.417. The molecular weight excluding hydrogens is 254 g/mol. The number of carbonyl (C=O) groups is 1. The van der Waals surface area contributed by atoms with E-state index < -0.39 is 0 Å². The Hall–Kier alpha value is -0.830. The van der Waals surface area contributed by atoms with E-state index >= 15 is 0 Å². The molecule has 0 heterocycles. The van der Waals surface area contributed by atoms with Gasteiger partial charge in [-0.25, -0.2) is 0 Å². The van der Waals surface area contributed by atoms with Crippen molar-refractivity contribution in [3.63, 3.8) is 0 Å². The Labute approximate surface area is 99.2 Å². The van der Waals surface area contributed by atoms with Gasteiger partial charge in [-0.05, 0) is 12.0 Å². The van der Waals surface area contributed by atoms with E-state index in [0.29, 0.717) is 0 Å². The lowest BCUT2D eigenvalue weighted by Gasteiger charge is -2.10. The van der Waals surface area contributed by atoms with Crippen LogP contribution < -0.4 is 5.32 Å². The predicted molar refractivity (Wildman–Crippen MR) is 66.0 cm³/mol. The minimum Gasteiger partial charge on any atom is -0.355 e. The van der Waals surface area contributed by atoms with E-state index in [2.05, 4.69) is 28.2 Å². The quantitative estimate of drug-likeness (QED) is 0.646. The molecule has 15 heavy (non-hydrogen) atoms. The van der Waals surface area contributed by atoms with Crippen LogP contribution in [-0.2, 0) is 4.79 Å². The summed E-state index contributed by atoms with van der Waals surface area (Å²) in [5.41, 5.74) is 0.992. The molecule has 1 amide bonds. The molecule has 0 aliphatic rings. The maximum atomic E-state index is 11.7. The molecule has 0 fully saturated rings. The molecule has 1 unspecified atom stereocenters. The second-order valence-electron chi connectivity index (χ2n) is 3.42. The Morgan fingerprint density at radius 2 is 2.07 bits per heavy atom. The zero-order valence-electron chi connectivity index (χ0n) is 8.87. The fourth-order valence-corrected chi connectivity index (χ4v) is 1.72. The number of hydrogen-bond donors (Lipinski definition) is 1. The van der Waals surface area contributed by atoms with Crippen LogP contribution in [0.4, 0.5) is 0 Å². The molecule has 0 saturated carbocycles. The van der Waals surface area contributed by atoms with Crippen molar-refractivity contribution in [2.75, 3.05) is 6.54 Å². The Morgan fingerprint density at radius 3 is 2.67 bits per heavy atom. The van der Waals surface area contributed by atoms with Crippen molar-refractivity contribution in [2.45, 2.75) is 24.6 Å². The van der Waals surface area contributed by atoms with Crippen LogP contribution >= 0.6 is 15.9 Å². The van der Waals surface area contributed by atoms with Crippen LogP contribution in [0, 0.1) is 0 Å². The van der Waals surface area contributed by atoms with Crippen LogP contribution in [0.3, 0.4) is 0 Å². The zero-order valence-corrected chi connectivity index (χ0v) is 10.5. The largest absolute Gasteiger partial charge is 0.355 e. The van der Waals surface area contributed by atoms with E-state index in [1.807, 2.05) is 30.3 Å². The van der Waals surface area contributed by atoms with Gasteiger partial charge in [0.15, 0.2) is 0 Å². The summed E-state index contributed by atoms with van der Waals surface area (Å²) in [6.45, 7) is 2.86. The van der Waals surface area contributed by atoms with Gasteiger partial charge >= 0.3 is 0 Å². The molecule has 0 saturated heterocycles. The van der Waals surface area contributed by atoms with Crippen LogP contribution in [-0.4, -0.2) is 12.5 Å². The predicted octanol–water partition coefficient (Wildman–Crippen LogP) is 3.04. The van der Waals surface area contributed by atoms with Gasteiger partial charge in [0.2, 0.25) is 5.91 Å². The average molecular weight is 270 g/mol. The standard InChI is InChI=1S/C12H16BrNO/c1-2-3-9-14-12(15)11(13)10-7-5-4-6-8-10/h4-8,11H,2-3,9H2,1H3,(H,14,15). The van der Waals surface area contributed by atoms with E-state index in [-0.39, 0.29) is 10.7 Å². The first-order valence-corrected chi connectivity index (χ1v) is 6.14. The number of amides is 1. The highest BCUT2D eigenvalue weighted by molar-refractivity contribution is 9.09. The third-order valence-electron chi connectivity index (χ3n) is 2.15. The molecule has 1 N–H and O–H groups in total. The van der Waals surface area contributed by atoms with Gasteiger partial charge in [-0.15, -0.1) is 0 Å². The summed E-state index contributed by atoms with van der Waals surface area (Å²) >= 11 is 3.39. The number of halogens is 1. The summed E-state index contributed by atoms with van der Waals surface area (Å²) in [6.07, 6.45) is 2.12. The summed E-state index contributed by atoms with van der Waals surface area (Å²) in [5, 5.41) is 2.90. The minimum absolute atomic E-state index is 0.0367. The highest BCUT2D eigenvalue weighted by Crippen LogP contribution is 2.22. The molecule has 2 nitrogen and oxygen atoms in total. The fourth-order valence-electron chi connectivity index (χ4n) is 1.25. The smallest absolute Gasteiger partial charge is 0.238 e. The lowest BCUT2D eigenvalue weighted by molar-refractivity contribution is -0.120. The Bertz CT molecular complexity index is 300. The molecular formula is C12H16BrNO. The van der Waals surface area contributed by atoms with Crippen LogP contribution in [0.2, 0.25) is 0 Å². The van der Waals surface area contributed by atoms with Crippen LogP contribution in [0.25, 0.3) is 0 Å². The van der Waals surface area contributed by atoms with Gasteiger partial charge in [-0.3, -0.25) is 4.79 Å². The van der Waals surface area contributed by atoms with Crippen molar-refractivity contribution in [2.24, 2.45) is 0 Å². The van der Waals surface area contributed by atoms with Crippen molar-refractivity contribution < 1.29 is 4.79 Å². The number of alkyl halides is 1. The lowest BCUT2D eigenvalue weighted by atomic mass is 10.1. The zero-order chi connectivity index (χ0) is 11.1. The van der Waals surface area contributed by atoms with Crippen molar-refractivity contribution >= 4 is 21.8 Å². The summed E-state index contributed by atoms with van der Waals surface area (Å²) in [6, 6.07) is 9.70.